The highest BCUT2D eigenvalue weighted by molar-refractivity contribution is 5.46. The second-order valence-electron chi connectivity index (χ2n) is 5.10. The van der Waals surface area contributed by atoms with Gasteiger partial charge in [0, 0.05) is 19.8 Å². The molecule has 0 aromatic heterocycles. The van der Waals surface area contributed by atoms with Crippen molar-refractivity contribution < 1.29 is 0 Å². The molecule has 16 heavy (non-hydrogen) atoms. The third-order valence-electron chi connectivity index (χ3n) is 3.76. The molecule has 2 nitrogen and oxygen atoms in total. The summed E-state index contributed by atoms with van der Waals surface area (Å²) < 4.78 is 0. The van der Waals surface area contributed by atoms with Crippen LogP contribution in [0, 0.1) is 5.92 Å². The molecule has 1 aromatic rings. The molecule has 0 spiro atoms. The first-order valence-electron chi connectivity index (χ1n) is 6.18. The summed E-state index contributed by atoms with van der Waals surface area (Å²) in [7, 11) is 4.16. The summed E-state index contributed by atoms with van der Waals surface area (Å²) in [6, 6.07) is 8.98. The van der Waals surface area contributed by atoms with Crippen molar-refractivity contribution in [1.29, 1.82) is 0 Å². The minimum atomic E-state index is 0.741. The van der Waals surface area contributed by atoms with Crippen molar-refractivity contribution in [3.63, 3.8) is 0 Å². The highest BCUT2D eigenvalue weighted by atomic mass is 15.1. The minimum absolute atomic E-state index is 0.741. The zero-order valence-electron chi connectivity index (χ0n) is 10.3. The summed E-state index contributed by atoms with van der Waals surface area (Å²) in [6.07, 6.45) is 3.89. The van der Waals surface area contributed by atoms with Crippen LogP contribution in [0.15, 0.2) is 24.3 Å². The Morgan fingerprint density at radius 2 is 1.88 bits per heavy atom. The van der Waals surface area contributed by atoms with Crippen molar-refractivity contribution >= 4 is 5.69 Å². The Morgan fingerprint density at radius 1 is 1.19 bits per heavy atom. The molecule has 1 aromatic carbocycles. The van der Waals surface area contributed by atoms with Gasteiger partial charge in [0.25, 0.3) is 0 Å². The van der Waals surface area contributed by atoms with Gasteiger partial charge < -0.3 is 10.6 Å². The average Bonchev–Trinajstić information content (AvgIpc) is 2.77. The fourth-order valence-electron chi connectivity index (χ4n) is 2.64. The van der Waals surface area contributed by atoms with E-state index in [1.54, 1.807) is 0 Å². The van der Waals surface area contributed by atoms with Crippen LogP contribution in [0.3, 0.4) is 0 Å². The van der Waals surface area contributed by atoms with E-state index in [2.05, 4.69) is 43.3 Å². The number of nitrogens with zero attached hydrogens (tertiary/aromatic N) is 1. The van der Waals surface area contributed by atoms with Crippen molar-refractivity contribution in [3.05, 3.63) is 29.8 Å². The van der Waals surface area contributed by atoms with E-state index in [9.17, 15) is 0 Å². The molecule has 2 atom stereocenters. The highest BCUT2D eigenvalue weighted by Crippen LogP contribution is 2.38. The molecule has 2 rings (SSSR count). The van der Waals surface area contributed by atoms with Crippen LogP contribution >= 0.6 is 0 Å². The Bertz CT molecular complexity index is 329. The first-order valence-corrected chi connectivity index (χ1v) is 6.18. The second kappa shape index (κ2) is 4.88. The van der Waals surface area contributed by atoms with Crippen molar-refractivity contribution in [2.75, 3.05) is 25.5 Å². The molecule has 0 saturated heterocycles. The van der Waals surface area contributed by atoms with Gasteiger partial charge in [0.15, 0.2) is 0 Å². The van der Waals surface area contributed by atoms with Gasteiger partial charge in [0.2, 0.25) is 0 Å². The summed E-state index contributed by atoms with van der Waals surface area (Å²) in [5.41, 5.74) is 8.49. The molecule has 0 aliphatic heterocycles. The highest BCUT2D eigenvalue weighted by Gasteiger charge is 2.24. The van der Waals surface area contributed by atoms with E-state index < -0.39 is 0 Å². The van der Waals surface area contributed by atoms with Gasteiger partial charge in [-0.15, -0.1) is 0 Å². The zero-order valence-corrected chi connectivity index (χ0v) is 10.3. The van der Waals surface area contributed by atoms with E-state index in [0.29, 0.717) is 0 Å². The first kappa shape index (κ1) is 11.5. The largest absolute Gasteiger partial charge is 0.378 e. The summed E-state index contributed by atoms with van der Waals surface area (Å²) in [5, 5.41) is 0. The molecule has 1 fully saturated rings. The SMILES string of the molecule is CN(C)c1ccc(C2CCC(CN)C2)cc1. The van der Waals surface area contributed by atoms with Crippen LogP contribution < -0.4 is 10.6 Å². The van der Waals surface area contributed by atoms with Gasteiger partial charge in [-0.3, -0.25) is 0 Å². The van der Waals surface area contributed by atoms with E-state index >= 15 is 0 Å². The summed E-state index contributed by atoms with van der Waals surface area (Å²) in [5.74, 6) is 1.49. The molecular formula is C14H22N2. The Labute approximate surface area is 98.4 Å². The Morgan fingerprint density at radius 3 is 2.38 bits per heavy atom. The molecule has 2 unspecified atom stereocenters. The molecule has 0 heterocycles. The van der Waals surface area contributed by atoms with Crippen LogP contribution in [0.1, 0.15) is 30.7 Å². The number of hydrogen-bond donors (Lipinski definition) is 1. The summed E-state index contributed by atoms with van der Waals surface area (Å²) in [6.45, 7) is 0.853. The maximum absolute atomic E-state index is 5.73. The number of nitrogens with two attached hydrogens (primary N) is 1. The second-order valence-corrected chi connectivity index (χ2v) is 5.10. The molecule has 2 N–H and O–H groups in total. The van der Waals surface area contributed by atoms with Crippen LogP contribution in [0.25, 0.3) is 0 Å². The van der Waals surface area contributed by atoms with Gasteiger partial charge in [-0.1, -0.05) is 12.1 Å². The summed E-state index contributed by atoms with van der Waals surface area (Å²) >= 11 is 0. The van der Waals surface area contributed by atoms with Crippen molar-refractivity contribution in [3.8, 4) is 0 Å². The lowest BCUT2D eigenvalue weighted by Crippen LogP contribution is -2.10. The number of rotatable bonds is 3. The molecular weight excluding hydrogens is 196 g/mol. The fraction of sp³-hybridized carbons (Fsp3) is 0.571. The van der Waals surface area contributed by atoms with Crippen molar-refractivity contribution in [2.45, 2.75) is 25.2 Å². The standard InChI is InChI=1S/C14H22N2/c1-16(2)14-7-5-12(6-8-14)13-4-3-11(9-13)10-15/h5-8,11,13H,3-4,9-10,15H2,1-2H3. The van der Waals surface area contributed by atoms with Crippen LogP contribution in [0.5, 0.6) is 0 Å². The van der Waals surface area contributed by atoms with E-state index in [1.165, 1.54) is 30.5 Å². The maximum atomic E-state index is 5.73. The van der Waals surface area contributed by atoms with E-state index in [4.69, 9.17) is 5.73 Å². The number of benzene rings is 1. The van der Waals surface area contributed by atoms with Crippen LogP contribution in [-0.4, -0.2) is 20.6 Å². The van der Waals surface area contributed by atoms with Gasteiger partial charge in [0.1, 0.15) is 0 Å². The molecule has 0 radical (unpaired) electrons. The number of anilines is 1. The lowest BCUT2D eigenvalue weighted by molar-refractivity contribution is 0.551. The fourth-order valence-corrected chi connectivity index (χ4v) is 2.64. The average molecular weight is 218 g/mol. The quantitative estimate of drug-likeness (QED) is 0.845. The monoisotopic (exact) mass is 218 g/mol. The molecule has 1 aliphatic carbocycles. The molecule has 0 bridgehead atoms. The van der Waals surface area contributed by atoms with E-state index in [1.807, 2.05) is 0 Å². The maximum Gasteiger partial charge on any atom is 0.0361 e. The zero-order chi connectivity index (χ0) is 11.5. The lowest BCUT2D eigenvalue weighted by atomic mass is 9.96. The normalized spacial score (nSPS) is 24.7. The molecule has 1 aliphatic rings. The van der Waals surface area contributed by atoms with E-state index in [-0.39, 0.29) is 0 Å². The predicted octanol–water partition coefficient (Wildman–Crippen LogP) is 2.60. The topological polar surface area (TPSA) is 29.3 Å². The Hall–Kier alpha value is -1.02. The van der Waals surface area contributed by atoms with Gasteiger partial charge >= 0.3 is 0 Å². The van der Waals surface area contributed by atoms with Crippen molar-refractivity contribution in [1.82, 2.24) is 0 Å². The van der Waals surface area contributed by atoms with E-state index in [0.717, 1.165) is 18.4 Å². The minimum Gasteiger partial charge on any atom is -0.378 e. The molecule has 1 saturated carbocycles. The van der Waals surface area contributed by atoms with Crippen LogP contribution in [0.2, 0.25) is 0 Å². The first-order chi connectivity index (χ1) is 7.70. The lowest BCUT2D eigenvalue weighted by Gasteiger charge is -2.15. The molecule has 2 heteroatoms. The number of hydrogen-bond acceptors (Lipinski definition) is 2. The van der Waals surface area contributed by atoms with Gasteiger partial charge in [-0.05, 0) is 55.3 Å². The van der Waals surface area contributed by atoms with Gasteiger partial charge in [-0.2, -0.15) is 0 Å². The third-order valence-corrected chi connectivity index (χ3v) is 3.76. The Kier molecular flexibility index (Phi) is 3.49. The third kappa shape index (κ3) is 2.38. The van der Waals surface area contributed by atoms with Crippen LogP contribution in [0.4, 0.5) is 5.69 Å². The molecule has 88 valence electrons. The summed E-state index contributed by atoms with van der Waals surface area (Å²) in [4.78, 5) is 2.14. The van der Waals surface area contributed by atoms with Gasteiger partial charge in [-0.25, -0.2) is 0 Å². The molecule has 0 amide bonds. The Balaban J connectivity index is 2.05. The predicted molar refractivity (Wildman–Crippen MR) is 69.9 cm³/mol. The van der Waals surface area contributed by atoms with Crippen LogP contribution in [-0.2, 0) is 0 Å². The smallest absolute Gasteiger partial charge is 0.0361 e. The van der Waals surface area contributed by atoms with Crippen molar-refractivity contribution in [2.24, 2.45) is 11.7 Å². The van der Waals surface area contributed by atoms with Gasteiger partial charge in [0.05, 0.1) is 0 Å².